The van der Waals surface area contributed by atoms with Crippen molar-refractivity contribution in [2.45, 2.75) is 63.8 Å². The Bertz CT molecular complexity index is 1670. The van der Waals surface area contributed by atoms with Crippen LogP contribution in [-0.4, -0.2) is 57.4 Å². The summed E-state index contributed by atoms with van der Waals surface area (Å²) in [6.07, 6.45) is -1.30. The second-order valence-electron chi connectivity index (χ2n) is 12.0. The highest BCUT2D eigenvalue weighted by molar-refractivity contribution is 5.99. The predicted molar refractivity (Wildman–Crippen MR) is 172 cm³/mol. The third-order valence-electron chi connectivity index (χ3n) is 7.13. The summed E-state index contributed by atoms with van der Waals surface area (Å²) in [7, 11) is 0. The minimum Gasteiger partial charge on any atom is -0.391 e. The van der Waals surface area contributed by atoms with Gasteiger partial charge in [0.05, 0.1) is 24.1 Å². The maximum Gasteiger partial charge on any atom is 0.270 e. The number of nitrogens with two attached hydrogens (primary N) is 1. The van der Waals surface area contributed by atoms with Crippen molar-refractivity contribution >= 4 is 34.5 Å². The number of rotatable bonds is 12. The quantitative estimate of drug-likeness (QED) is 0.166. The summed E-state index contributed by atoms with van der Waals surface area (Å²) < 4.78 is 0. The number of hydrogen-bond acceptors (Lipinski definition) is 6. The van der Waals surface area contributed by atoms with Gasteiger partial charge in [-0.15, -0.1) is 0 Å². The molecule has 0 bridgehead atoms. The molecule has 1 aromatic heterocycles. The van der Waals surface area contributed by atoms with Crippen molar-refractivity contribution < 1.29 is 24.3 Å². The van der Waals surface area contributed by atoms with E-state index in [0.717, 1.165) is 10.9 Å². The number of aliphatic hydroxyl groups is 1. The van der Waals surface area contributed by atoms with E-state index in [4.69, 9.17) is 5.73 Å². The van der Waals surface area contributed by atoms with Crippen LogP contribution in [0.15, 0.2) is 91.0 Å². The molecule has 0 fully saturated rings. The number of aliphatic hydroxyl groups excluding tert-OH is 1. The Morgan fingerprint density at radius 1 is 0.800 bits per heavy atom. The number of primary amides is 1. The molecule has 0 saturated carbocycles. The molecule has 3 unspecified atom stereocenters. The summed E-state index contributed by atoms with van der Waals surface area (Å²) in [6.45, 7) is 5.64. The SMILES string of the molecule is CC(C)(C)NC(=O)c1ccccc1CC(O)C(Cc1ccccc1)NC(=O)C(CC(N)=O)NC(=O)c1ccc2ccccc2n1. The van der Waals surface area contributed by atoms with Crippen LogP contribution in [0.2, 0.25) is 0 Å². The summed E-state index contributed by atoms with van der Waals surface area (Å²) in [4.78, 5) is 56.1. The van der Waals surface area contributed by atoms with Crippen molar-refractivity contribution in [3.8, 4) is 0 Å². The number of pyridine rings is 1. The molecule has 4 amide bonds. The number of benzene rings is 3. The first-order valence-electron chi connectivity index (χ1n) is 14.8. The van der Waals surface area contributed by atoms with Gasteiger partial charge < -0.3 is 26.8 Å². The zero-order valence-corrected chi connectivity index (χ0v) is 25.6. The van der Waals surface area contributed by atoms with E-state index in [0.29, 0.717) is 16.6 Å². The fraction of sp³-hybridized carbons (Fsp3) is 0.286. The first-order chi connectivity index (χ1) is 21.4. The molecule has 6 N–H and O–H groups in total. The molecule has 0 aliphatic rings. The van der Waals surface area contributed by atoms with Crippen molar-refractivity contribution in [3.63, 3.8) is 0 Å². The average molecular weight is 610 g/mol. The number of carbonyl (C=O) groups excluding carboxylic acids is 4. The van der Waals surface area contributed by atoms with Gasteiger partial charge in [0.2, 0.25) is 11.8 Å². The largest absolute Gasteiger partial charge is 0.391 e. The second kappa shape index (κ2) is 14.6. The Morgan fingerprint density at radius 2 is 1.47 bits per heavy atom. The highest BCUT2D eigenvalue weighted by Crippen LogP contribution is 2.17. The number of amides is 4. The molecular formula is C35H39N5O5. The van der Waals surface area contributed by atoms with Crippen LogP contribution in [0, 0.1) is 0 Å². The molecule has 0 spiro atoms. The van der Waals surface area contributed by atoms with Crippen LogP contribution in [0.4, 0.5) is 0 Å². The standard InChI is InChI=1S/C35H39N5O5/c1-35(2,3)40-32(43)25-15-9-7-14-24(25)20-30(41)28(19-22-11-5-4-6-12-22)38-34(45)29(21-31(36)42)39-33(44)27-18-17-23-13-8-10-16-26(23)37-27/h4-18,28-30,41H,19-21H2,1-3H3,(H2,36,42)(H,38,45)(H,39,44)(H,40,43). The maximum absolute atomic E-state index is 13.6. The molecule has 4 aromatic rings. The number of carbonyl (C=O) groups is 4. The van der Waals surface area contributed by atoms with Crippen LogP contribution in [0.1, 0.15) is 59.2 Å². The van der Waals surface area contributed by atoms with Crippen molar-refractivity contribution in [3.05, 3.63) is 113 Å². The first-order valence-corrected chi connectivity index (χ1v) is 14.8. The van der Waals surface area contributed by atoms with Gasteiger partial charge in [0.25, 0.3) is 11.8 Å². The summed E-state index contributed by atoms with van der Waals surface area (Å²) >= 11 is 0. The van der Waals surface area contributed by atoms with Gasteiger partial charge in [-0.3, -0.25) is 19.2 Å². The molecule has 234 valence electrons. The molecule has 10 heteroatoms. The lowest BCUT2D eigenvalue weighted by Crippen LogP contribution is -2.54. The van der Waals surface area contributed by atoms with E-state index < -0.39 is 47.9 Å². The van der Waals surface area contributed by atoms with Crippen molar-refractivity contribution in [1.29, 1.82) is 0 Å². The lowest BCUT2D eigenvalue weighted by atomic mass is 9.93. The third-order valence-corrected chi connectivity index (χ3v) is 7.13. The molecule has 10 nitrogen and oxygen atoms in total. The Kier molecular flexibility index (Phi) is 10.6. The zero-order chi connectivity index (χ0) is 32.6. The van der Waals surface area contributed by atoms with Gasteiger partial charge in [-0.1, -0.05) is 72.8 Å². The lowest BCUT2D eigenvalue weighted by molar-refractivity contribution is -0.128. The van der Waals surface area contributed by atoms with Crippen LogP contribution in [0.25, 0.3) is 10.9 Å². The van der Waals surface area contributed by atoms with E-state index in [9.17, 15) is 24.3 Å². The van der Waals surface area contributed by atoms with Crippen molar-refractivity contribution in [1.82, 2.24) is 20.9 Å². The minimum absolute atomic E-state index is 0.0549. The molecule has 1 heterocycles. The predicted octanol–water partition coefficient (Wildman–Crippen LogP) is 3.07. The Hall–Kier alpha value is -5.09. The van der Waals surface area contributed by atoms with Crippen LogP contribution < -0.4 is 21.7 Å². The number of nitrogens with zero attached hydrogens (tertiary/aromatic N) is 1. The maximum atomic E-state index is 13.6. The number of nitrogens with one attached hydrogen (secondary N) is 3. The third kappa shape index (κ3) is 9.45. The van der Waals surface area contributed by atoms with Crippen LogP contribution in [0.5, 0.6) is 0 Å². The van der Waals surface area contributed by atoms with E-state index in [1.165, 1.54) is 6.07 Å². The smallest absolute Gasteiger partial charge is 0.270 e. The minimum atomic E-state index is -1.32. The molecule has 45 heavy (non-hydrogen) atoms. The number of aromatic nitrogens is 1. The zero-order valence-electron chi connectivity index (χ0n) is 25.6. The monoisotopic (exact) mass is 609 g/mol. The Balaban J connectivity index is 1.56. The normalized spacial score (nSPS) is 13.3. The molecular weight excluding hydrogens is 570 g/mol. The fourth-order valence-electron chi connectivity index (χ4n) is 4.97. The molecule has 3 atom stereocenters. The molecule has 0 radical (unpaired) electrons. The van der Waals surface area contributed by atoms with E-state index in [2.05, 4.69) is 20.9 Å². The van der Waals surface area contributed by atoms with Gasteiger partial charge in [-0.05, 0) is 56.5 Å². The topological polar surface area (TPSA) is 164 Å². The first kappa shape index (κ1) is 32.8. The summed E-state index contributed by atoms with van der Waals surface area (Å²) in [5.41, 5.74) is 7.52. The second-order valence-corrected chi connectivity index (χ2v) is 12.0. The lowest BCUT2D eigenvalue weighted by Gasteiger charge is -2.28. The number of hydrogen-bond donors (Lipinski definition) is 5. The van der Waals surface area contributed by atoms with Gasteiger partial charge in [0.15, 0.2) is 0 Å². The molecule has 3 aromatic carbocycles. The van der Waals surface area contributed by atoms with Gasteiger partial charge in [-0.2, -0.15) is 0 Å². The molecule has 0 saturated heterocycles. The summed E-state index contributed by atoms with van der Waals surface area (Å²) in [5, 5.41) is 20.7. The number of fused-ring (bicyclic) bond motifs is 1. The average Bonchev–Trinajstić information content (AvgIpc) is 2.99. The van der Waals surface area contributed by atoms with Crippen LogP contribution >= 0.6 is 0 Å². The molecule has 0 aliphatic carbocycles. The Morgan fingerprint density at radius 3 is 2.18 bits per heavy atom. The Labute approximate surface area is 262 Å². The van der Waals surface area contributed by atoms with E-state index in [1.807, 2.05) is 63.2 Å². The van der Waals surface area contributed by atoms with Crippen LogP contribution in [0.3, 0.4) is 0 Å². The van der Waals surface area contributed by atoms with Crippen molar-refractivity contribution in [2.75, 3.05) is 0 Å². The van der Waals surface area contributed by atoms with Crippen molar-refractivity contribution in [2.24, 2.45) is 5.73 Å². The van der Waals surface area contributed by atoms with E-state index in [1.54, 1.807) is 42.5 Å². The summed E-state index contributed by atoms with van der Waals surface area (Å²) in [6, 6.07) is 24.7. The molecule has 0 aliphatic heterocycles. The van der Waals surface area contributed by atoms with Gasteiger partial charge >= 0.3 is 0 Å². The van der Waals surface area contributed by atoms with E-state index in [-0.39, 0.29) is 24.4 Å². The fourth-order valence-corrected chi connectivity index (χ4v) is 4.97. The van der Waals surface area contributed by atoms with Gasteiger partial charge in [0.1, 0.15) is 11.7 Å². The van der Waals surface area contributed by atoms with Gasteiger partial charge in [-0.25, -0.2) is 4.98 Å². The summed E-state index contributed by atoms with van der Waals surface area (Å²) in [5.74, 6) is -2.41. The highest BCUT2D eigenvalue weighted by Gasteiger charge is 2.30. The number of para-hydroxylation sites is 1. The van der Waals surface area contributed by atoms with Crippen LogP contribution in [-0.2, 0) is 22.4 Å². The van der Waals surface area contributed by atoms with Gasteiger partial charge in [0, 0.05) is 22.9 Å². The molecule has 4 rings (SSSR count). The highest BCUT2D eigenvalue weighted by atomic mass is 16.3. The van der Waals surface area contributed by atoms with E-state index >= 15 is 0 Å².